The lowest BCUT2D eigenvalue weighted by atomic mass is 9.82. The number of ether oxygens (including phenoxy) is 1. The lowest BCUT2D eigenvalue weighted by molar-refractivity contribution is 0.0691. The number of carboxylic acids is 1. The summed E-state index contributed by atoms with van der Waals surface area (Å²) in [5.41, 5.74) is 2.82. The van der Waals surface area contributed by atoms with Crippen molar-refractivity contribution in [3.05, 3.63) is 113 Å². The predicted octanol–water partition coefficient (Wildman–Crippen LogP) is 7.09. The smallest absolute Gasteiger partial charge is 0.338 e. The first-order valence-electron chi connectivity index (χ1n) is 12.5. The molecule has 5 heteroatoms. The zero-order valence-corrected chi connectivity index (χ0v) is 20.3. The molecular formula is C31H30FNO3. The summed E-state index contributed by atoms with van der Waals surface area (Å²) < 4.78 is 20.3. The van der Waals surface area contributed by atoms with Gasteiger partial charge in [-0.25, -0.2) is 9.18 Å². The normalized spacial score (nSPS) is 17.8. The first-order valence-corrected chi connectivity index (χ1v) is 12.5. The Morgan fingerprint density at radius 1 is 1.06 bits per heavy atom. The van der Waals surface area contributed by atoms with Crippen molar-refractivity contribution < 1.29 is 19.0 Å². The van der Waals surface area contributed by atoms with Crippen molar-refractivity contribution in [3.8, 4) is 5.75 Å². The molecule has 3 atom stereocenters. The van der Waals surface area contributed by atoms with E-state index in [0.29, 0.717) is 0 Å². The van der Waals surface area contributed by atoms with Gasteiger partial charge in [0.1, 0.15) is 11.6 Å². The van der Waals surface area contributed by atoms with E-state index < -0.39 is 11.8 Å². The summed E-state index contributed by atoms with van der Waals surface area (Å²) >= 11 is 0. The van der Waals surface area contributed by atoms with E-state index in [1.807, 2.05) is 24.3 Å². The summed E-state index contributed by atoms with van der Waals surface area (Å²) in [7, 11) is 0. The van der Waals surface area contributed by atoms with Crippen LogP contribution in [0.3, 0.4) is 0 Å². The van der Waals surface area contributed by atoms with Crippen LogP contribution in [0.5, 0.6) is 5.75 Å². The van der Waals surface area contributed by atoms with Crippen molar-refractivity contribution in [1.29, 1.82) is 0 Å². The molecule has 0 saturated carbocycles. The highest BCUT2D eigenvalue weighted by Crippen LogP contribution is 2.41. The van der Waals surface area contributed by atoms with E-state index in [9.17, 15) is 14.3 Å². The second kappa shape index (κ2) is 10.5. The molecule has 1 aliphatic rings. The van der Waals surface area contributed by atoms with Gasteiger partial charge in [-0.05, 0) is 72.8 Å². The molecule has 184 valence electrons. The number of carboxylic acid groups (broad SMARTS) is 1. The molecular weight excluding hydrogens is 453 g/mol. The Bertz CT molecular complexity index is 1380. The van der Waals surface area contributed by atoms with Gasteiger partial charge in [0.15, 0.2) is 0 Å². The lowest BCUT2D eigenvalue weighted by Gasteiger charge is -2.33. The molecule has 0 unspecified atom stereocenters. The van der Waals surface area contributed by atoms with Gasteiger partial charge in [0.2, 0.25) is 0 Å². The van der Waals surface area contributed by atoms with Crippen LogP contribution in [0.2, 0.25) is 0 Å². The SMILES string of the molecule is C[C@@H](NCCC[C@H]1C[C@H](c2ccc(F)c(C(=O)O)c2)c2ccccc2O1)c1cccc2ccccc12. The van der Waals surface area contributed by atoms with Crippen LogP contribution in [-0.2, 0) is 0 Å². The Morgan fingerprint density at radius 2 is 1.83 bits per heavy atom. The van der Waals surface area contributed by atoms with E-state index in [4.69, 9.17) is 4.74 Å². The zero-order valence-electron chi connectivity index (χ0n) is 20.3. The van der Waals surface area contributed by atoms with Gasteiger partial charge in [-0.3, -0.25) is 0 Å². The van der Waals surface area contributed by atoms with Crippen molar-refractivity contribution in [2.24, 2.45) is 0 Å². The molecule has 0 spiro atoms. The molecule has 0 amide bonds. The average molecular weight is 484 g/mol. The fraction of sp³-hybridized carbons (Fsp3) is 0.258. The molecule has 0 saturated heterocycles. The number of hydrogen-bond acceptors (Lipinski definition) is 3. The van der Waals surface area contributed by atoms with Gasteiger partial charge in [-0.1, -0.05) is 66.7 Å². The molecule has 4 aromatic rings. The summed E-state index contributed by atoms with van der Waals surface area (Å²) in [6, 6.07) is 27.4. The third-order valence-electron chi connectivity index (χ3n) is 7.15. The molecule has 1 aliphatic heterocycles. The molecule has 4 aromatic carbocycles. The van der Waals surface area contributed by atoms with E-state index in [2.05, 4.69) is 54.7 Å². The van der Waals surface area contributed by atoms with E-state index in [1.54, 1.807) is 6.07 Å². The Labute approximate surface area is 210 Å². The van der Waals surface area contributed by atoms with Gasteiger partial charge in [-0.2, -0.15) is 0 Å². The van der Waals surface area contributed by atoms with E-state index in [0.717, 1.165) is 42.7 Å². The van der Waals surface area contributed by atoms with Crippen LogP contribution in [-0.4, -0.2) is 23.7 Å². The summed E-state index contributed by atoms with van der Waals surface area (Å²) in [6.07, 6.45) is 2.53. The minimum absolute atomic E-state index is 0.00195. The largest absolute Gasteiger partial charge is 0.490 e. The number of carbonyl (C=O) groups is 1. The van der Waals surface area contributed by atoms with Crippen LogP contribution >= 0.6 is 0 Å². The number of nitrogens with one attached hydrogen (secondary N) is 1. The van der Waals surface area contributed by atoms with Gasteiger partial charge in [0, 0.05) is 17.5 Å². The summed E-state index contributed by atoms with van der Waals surface area (Å²) in [5.74, 6) is -1.19. The van der Waals surface area contributed by atoms with Crippen LogP contribution in [0.15, 0.2) is 84.9 Å². The Balaban J connectivity index is 1.25. The monoisotopic (exact) mass is 483 g/mol. The maximum atomic E-state index is 14.0. The van der Waals surface area contributed by atoms with Crippen LogP contribution in [0.4, 0.5) is 4.39 Å². The van der Waals surface area contributed by atoms with Crippen LogP contribution in [0.25, 0.3) is 10.8 Å². The molecule has 0 fully saturated rings. The molecule has 0 bridgehead atoms. The van der Waals surface area contributed by atoms with E-state index in [1.165, 1.54) is 28.5 Å². The van der Waals surface area contributed by atoms with Crippen molar-refractivity contribution in [2.75, 3.05) is 6.54 Å². The number of halogens is 1. The Morgan fingerprint density at radius 3 is 2.69 bits per heavy atom. The molecule has 2 N–H and O–H groups in total. The third kappa shape index (κ3) is 4.98. The minimum Gasteiger partial charge on any atom is -0.490 e. The number of hydrogen-bond donors (Lipinski definition) is 2. The van der Waals surface area contributed by atoms with Crippen LogP contribution in [0.1, 0.15) is 65.2 Å². The average Bonchev–Trinajstić information content (AvgIpc) is 2.90. The van der Waals surface area contributed by atoms with Gasteiger partial charge in [0.05, 0.1) is 11.7 Å². The molecule has 0 aromatic heterocycles. The van der Waals surface area contributed by atoms with Gasteiger partial charge in [0.25, 0.3) is 0 Å². The Kier molecular flexibility index (Phi) is 7.01. The van der Waals surface area contributed by atoms with Gasteiger partial charge in [-0.15, -0.1) is 0 Å². The highest BCUT2D eigenvalue weighted by Gasteiger charge is 2.30. The van der Waals surface area contributed by atoms with Crippen molar-refractivity contribution in [2.45, 2.75) is 44.2 Å². The van der Waals surface area contributed by atoms with Crippen molar-refractivity contribution in [3.63, 3.8) is 0 Å². The van der Waals surface area contributed by atoms with Gasteiger partial charge < -0.3 is 15.2 Å². The fourth-order valence-corrected chi connectivity index (χ4v) is 5.30. The summed E-state index contributed by atoms with van der Waals surface area (Å²) in [5, 5.41) is 15.6. The maximum Gasteiger partial charge on any atom is 0.338 e. The first-order chi connectivity index (χ1) is 17.5. The highest BCUT2D eigenvalue weighted by molar-refractivity contribution is 5.88. The van der Waals surface area contributed by atoms with Crippen LogP contribution in [0, 0.1) is 5.82 Å². The third-order valence-corrected chi connectivity index (χ3v) is 7.15. The number of rotatable bonds is 8. The quantitative estimate of drug-likeness (QED) is 0.263. The second-order valence-electron chi connectivity index (χ2n) is 9.50. The van der Waals surface area contributed by atoms with E-state index >= 15 is 0 Å². The second-order valence-corrected chi connectivity index (χ2v) is 9.50. The number of aromatic carboxylic acids is 1. The summed E-state index contributed by atoms with van der Waals surface area (Å²) in [4.78, 5) is 11.5. The molecule has 0 radical (unpaired) electrons. The molecule has 1 heterocycles. The lowest BCUT2D eigenvalue weighted by Crippen LogP contribution is -2.28. The van der Waals surface area contributed by atoms with Crippen LogP contribution < -0.4 is 10.1 Å². The fourth-order valence-electron chi connectivity index (χ4n) is 5.30. The standard InChI is InChI=1S/C31H30FNO3/c1-20(24-13-6-9-21-8-2-3-11-25(21)24)33-17-7-10-23-19-27(26-12-4-5-14-30(26)36-23)22-15-16-29(32)28(18-22)31(34)35/h2-6,8-9,11-16,18,20,23,27,33H,7,10,17,19H2,1H3,(H,34,35)/t20-,23+,27-/m1/s1. The molecule has 5 rings (SSSR count). The first kappa shape index (κ1) is 24.0. The maximum absolute atomic E-state index is 14.0. The topological polar surface area (TPSA) is 58.6 Å². The predicted molar refractivity (Wildman–Crippen MR) is 140 cm³/mol. The molecule has 0 aliphatic carbocycles. The highest BCUT2D eigenvalue weighted by atomic mass is 19.1. The van der Waals surface area contributed by atoms with E-state index in [-0.39, 0.29) is 23.6 Å². The van der Waals surface area contributed by atoms with Crippen molar-refractivity contribution in [1.82, 2.24) is 5.32 Å². The van der Waals surface area contributed by atoms with Gasteiger partial charge >= 0.3 is 5.97 Å². The summed E-state index contributed by atoms with van der Waals surface area (Å²) in [6.45, 7) is 3.05. The zero-order chi connectivity index (χ0) is 25.1. The Hall–Kier alpha value is -3.70. The number of para-hydroxylation sites is 1. The molecule has 4 nitrogen and oxygen atoms in total. The number of fused-ring (bicyclic) bond motifs is 2. The molecule has 36 heavy (non-hydrogen) atoms. The number of benzene rings is 4. The van der Waals surface area contributed by atoms with Crippen molar-refractivity contribution >= 4 is 16.7 Å². The minimum atomic E-state index is -1.25.